The SMILES string of the molecule is CCCc1cnc(Nc2cc(C)nc(C3CCN(C(=O)C4CCCCN4C(=O)COC)CC3)n2)s1. The molecule has 1 atom stereocenters. The molecular formula is C25H36N6O3S. The molecule has 2 aromatic heterocycles. The van der Waals surface area contributed by atoms with E-state index in [1.165, 1.54) is 12.0 Å². The molecule has 2 aliphatic heterocycles. The molecule has 1 N–H and O–H groups in total. The van der Waals surface area contributed by atoms with Crippen molar-refractivity contribution < 1.29 is 14.3 Å². The number of aryl methyl sites for hydroxylation is 2. The van der Waals surface area contributed by atoms with Crippen molar-refractivity contribution in [3.63, 3.8) is 0 Å². The van der Waals surface area contributed by atoms with Crippen molar-refractivity contribution in [1.82, 2.24) is 24.8 Å². The molecule has 2 fully saturated rings. The van der Waals surface area contributed by atoms with Crippen LogP contribution in [-0.2, 0) is 20.7 Å². The van der Waals surface area contributed by atoms with Gasteiger partial charge in [0.05, 0.1) is 0 Å². The maximum absolute atomic E-state index is 13.3. The molecule has 0 aliphatic carbocycles. The summed E-state index contributed by atoms with van der Waals surface area (Å²) in [5.74, 6) is 1.74. The lowest BCUT2D eigenvalue weighted by atomic mass is 9.94. The summed E-state index contributed by atoms with van der Waals surface area (Å²) in [7, 11) is 1.51. The minimum absolute atomic E-state index is 0.0217. The lowest BCUT2D eigenvalue weighted by Gasteiger charge is -2.39. The number of hydrogen-bond acceptors (Lipinski definition) is 8. The Bertz CT molecular complexity index is 1020. The predicted molar refractivity (Wildman–Crippen MR) is 136 cm³/mol. The second kappa shape index (κ2) is 11.9. The van der Waals surface area contributed by atoms with Crippen molar-refractivity contribution in [2.75, 3.05) is 38.7 Å². The van der Waals surface area contributed by atoms with Gasteiger partial charge in [0.1, 0.15) is 24.3 Å². The largest absolute Gasteiger partial charge is 0.375 e. The highest BCUT2D eigenvalue weighted by Gasteiger charge is 2.36. The van der Waals surface area contributed by atoms with E-state index in [1.54, 1.807) is 16.2 Å². The third kappa shape index (κ3) is 6.35. The Balaban J connectivity index is 1.38. The van der Waals surface area contributed by atoms with E-state index in [9.17, 15) is 9.59 Å². The van der Waals surface area contributed by atoms with Gasteiger partial charge in [-0.3, -0.25) is 9.59 Å². The zero-order valence-corrected chi connectivity index (χ0v) is 21.8. The minimum Gasteiger partial charge on any atom is -0.375 e. The van der Waals surface area contributed by atoms with Crippen LogP contribution in [-0.4, -0.2) is 76.0 Å². The highest BCUT2D eigenvalue weighted by Crippen LogP contribution is 2.30. The number of rotatable bonds is 8. The van der Waals surface area contributed by atoms with Crippen LogP contribution in [0.1, 0.15) is 67.8 Å². The number of methoxy groups -OCH3 is 1. The van der Waals surface area contributed by atoms with Crippen LogP contribution >= 0.6 is 11.3 Å². The van der Waals surface area contributed by atoms with Gasteiger partial charge in [-0.2, -0.15) is 0 Å². The highest BCUT2D eigenvalue weighted by molar-refractivity contribution is 7.15. The number of nitrogens with zero attached hydrogens (tertiary/aromatic N) is 5. The van der Waals surface area contributed by atoms with Crippen LogP contribution in [0.2, 0.25) is 0 Å². The second-order valence-corrected chi connectivity index (χ2v) is 10.5. The topological polar surface area (TPSA) is 101 Å². The number of nitrogens with one attached hydrogen (secondary N) is 1. The van der Waals surface area contributed by atoms with Gasteiger partial charge >= 0.3 is 0 Å². The molecule has 0 aromatic carbocycles. The molecule has 0 spiro atoms. The molecule has 0 radical (unpaired) electrons. The number of likely N-dealkylation sites (tertiary alicyclic amines) is 2. The fourth-order valence-electron chi connectivity index (χ4n) is 4.94. The number of carbonyl (C=O) groups excluding carboxylic acids is 2. The normalized spacial score (nSPS) is 19.1. The number of thiazole rings is 1. The first-order valence-electron chi connectivity index (χ1n) is 12.6. The fourth-order valence-corrected chi connectivity index (χ4v) is 5.86. The standard InChI is InChI=1S/C25H36N6O3S/c1-4-7-19-15-26-25(35-19)29-21-14-17(2)27-23(28-21)18-9-12-30(13-10-18)24(33)20-8-5-6-11-31(20)22(32)16-34-3/h14-15,18,20H,4-13,16H2,1-3H3,(H,26,27,28,29). The summed E-state index contributed by atoms with van der Waals surface area (Å²) >= 11 is 1.66. The van der Waals surface area contributed by atoms with Crippen molar-refractivity contribution in [2.45, 2.75) is 70.8 Å². The lowest BCUT2D eigenvalue weighted by molar-refractivity contribution is -0.150. The van der Waals surface area contributed by atoms with Crippen LogP contribution in [0.15, 0.2) is 12.3 Å². The molecule has 9 nitrogen and oxygen atoms in total. The summed E-state index contributed by atoms with van der Waals surface area (Å²) in [6, 6.07) is 1.57. The Kier molecular flexibility index (Phi) is 8.67. The molecule has 0 bridgehead atoms. The number of aromatic nitrogens is 3. The third-order valence-corrected chi connectivity index (χ3v) is 7.68. The molecule has 2 aliphatic rings. The predicted octanol–water partition coefficient (Wildman–Crippen LogP) is 3.67. The Morgan fingerprint density at radius 3 is 2.71 bits per heavy atom. The van der Waals surface area contributed by atoms with Crippen molar-refractivity contribution in [1.29, 1.82) is 0 Å². The molecule has 4 heterocycles. The average molecular weight is 501 g/mol. The van der Waals surface area contributed by atoms with E-state index in [1.807, 2.05) is 24.1 Å². The molecule has 4 rings (SSSR count). The van der Waals surface area contributed by atoms with Gasteiger partial charge in [0.15, 0.2) is 5.13 Å². The molecule has 2 aromatic rings. The second-order valence-electron chi connectivity index (χ2n) is 9.39. The first kappa shape index (κ1) is 25.5. The first-order valence-corrected chi connectivity index (χ1v) is 13.4. The summed E-state index contributed by atoms with van der Waals surface area (Å²) in [5.41, 5.74) is 0.913. The first-order chi connectivity index (χ1) is 17.0. The Morgan fingerprint density at radius 2 is 1.97 bits per heavy atom. The van der Waals surface area contributed by atoms with Crippen LogP contribution in [0.3, 0.4) is 0 Å². The van der Waals surface area contributed by atoms with Gasteiger partial charge in [-0.05, 0) is 45.4 Å². The number of carbonyl (C=O) groups is 2. The van der Waals surface area contributed by atoms with Crippen molar-refractivity contribution >= 4 is 34.1 Å². The smallest absolute Gasteiger partial charge is 0.249 e. The molecule has 2 amide bonds. The maximum atomic E-state index is 13.3. The van der Waals surface area contributed by atoms with Crippen LogP contribution in [0.25, 0.3) is 0 Å². The van der Waals surface area contributed by atoms with Crippen LogP contribution in [0, 0.1) is 6.92 Å². The third-order valence-electron chi connectivity index (χ3n) is 6.70. The van der Waals surface area contributed by atoms with Crippen molar-refractivity contribution in [3.05, 3.63) is 28.7 Å². The zero-order valence-electron chi connectivity index (χ0n) is 21.0. The average Bonchev–Trinajstić information content (AvgIpc) is 3.30. The van der Waals surface area contributed by atoms with Gasteiger partial charge in [0.25, 0.3) is 0 Å². The van der Waals surface area contributed by atoms with E-state index in [4.69, 9.17) is 14.7 Å². The van der Waals surface area contributed by atoms with Crippen LogP contribution in [0.5, 0.6) is 0 Å². The minimum atomic E-state index is -0.370. The van der Waals surface area contributed by atoms with Crippen LogP contribution < -0.4 is 5.32 Å². The van der Waals surface area contributed by atoms with E-state index in [-0.39, 0.29) is 30.4 Å². The van der Waals surface area contributed by atoms with Gasteiger partial charge in [-0.15, -0.1) is 11.3 Å². The quantitative estimate of drug-likeness (QED) is 0.590. The number of ether oxygens (including phenoxy) is 1. The highest BCUT2D eigenvalue weighted by atomic mass is 32.1. The molecular weight excluding hydrogens is 464 g/mol. The van der Waals surface area contributed by atoms with Gasteiger partial charge < -0.3 is 19.9 Å². The van der Waals surface area contributed by atoms with E-state index >= 15 is 0 Å². The Labute approximate surface area is 211 Å². The number of amides is 2. The van der Waals surface area contributed by atoms with E-state index in [0.717, 1.165) is 67.4 Å². The molecule has 190 valence electrons. The fraction of sp³-hybridized carbons (Fsp3) is 0.640. The lowest BCUT2D eigenvalue weighted by Crippen LogP contribution is -2.55. The summed E-state index contributed by atoms with van der Waals surface area (Å²) in [5, 5.41) is 4.19. The Morgan fingerprint density at radius 1 is 1.17 bits per heavy atom. The van der Waals surface area contributed by atoms with Gasteiger partial charge in [0.2, 0.25) is 11.8 Å². The summed E-state index contributed by atoms with van der Waals surface area (Å²) in [6.45, 7) is 6.10. The molecule has 10 heteroatoms. The maximum Gasteiger partial charge on any atom is 0.249 e. The number of hydrogen-bond donors (Lipinski definition) is 1. The van der Waals surface area contributed by atoms with E-state index in [0.29, 0.717) is 19.6 Å². The van der Waals surface area contributed by atoms with Crippen LogP contribution in [0.4, 0.5) is 10.9 Å². The van der Waals surface area contributed by atoms with Gasteiger partial charge in [-0.25, -0.2) is 15.0 Å². The monoisotopic (exact) mass is 500 g/mol. The van der Waals surface area contributed by atoms with E-state index in [2.05, 4.69) is 17.2 Å². The number of piperidine rings is 2. The molecule has 0 saturated carbocycles. The summed E-state index contributed by atoms with van der Waals surface area (Å²) in [6.07, 6.45) is 8.30. The van der Waals surface area contributed by atoms with Gasteiger partial charge in [0, 0.05) is 55.5 Å². The Hall–Kier alpha value is -2.59. The number of anilines is 2. The zero-order chi connectivity index (χ0) is 24.8. The van der Waals surface area contributed by atoms with Crippen molar-refractivity contribution in [3.8, 4) is 0 Å². The van der Waals surface area contributed by atoms with E-state index < -0.39 is 0 Å². The summed E-state index contributed by atoms with van der Waals surface area (Å²) in [4.78, 5) is 44.7. The van der Waals surface area contributed by atoms with Gasteiger partial charge in [-0.1, -0.05) is 13.3 Å². The van der Waals surface area contributed by atoms with Crippen molar-refractivity contribution in [2.24, 2.45) is 0 Å². The molecule has 35 heavy (non-hydrogen) atoms. The molecule has 1 unspecified atom stereocenters. The summed E-state index contributed by atoms with van der Waals surface area (Å²) < 4.78 is 5.02. The molecule has 2 saturated heterocycles.